The van der Waals surface area contributed by atoms with Gasteiger partial charge in [-0.25, -0.2) is 9.37 Å². The molecule has 0 aliphatic rings. The van der Waals surface area contributed by atoms with Crippen LogP contribution in [0.2, 0.25) is 0 Å². The van der Waals surface area contributed by atoms with E-state index >= 15 is 0 Å². The lowest BCUT2D eigenvalue weighted by Gasteiger charge is -2.13. The number of ether oxygens (including phenoxy) is 1. The number of hydrogen-bond donors (Lipinski definition) is 1. The zero-order chi connectivity index (χ0) is 18.7. The van der Waals surface area contributed by atoms with Crippen molar-refractivity contribution in [2.24, 2.45) is 7.05 Å². The van der Waals surface area contributed by atoms with Gasteiger partial charge in [0.15, 0.2) is 11.6 Å². The van der Waals surface area contributed by atoms with E-state index < -0.39 is 5.82 Å². The first kappa shape index (κ1) is 18.3. The fourth-order valence-electron chi connectivity index (χ4n) is 2.56. The van der Waals surface area contributed by atoms with Crippen LogP contribution in [0.5, 0.6) is 11.5 Å². The molecule has 0 radical (unpaired) electrons. The van der Waals surface area contributed by atoms with Crippen molar-refractivity contribution < 1.29 is 9.13 Å². The van der Waals surface area contributed by atoms with Gasteiger partial charge in [0.05, 0.1) is 22.9 Å². The number of anilines is 1. The molecule has 0 fully saturated rings. The Morgan fingerprint density at radius 3 is 2.85 bits per heavy atom. The summed E-state index contributed by atoms with van der Waals surface area (Å²) in [4.78, 5) is 16.6. The van der Waals surface area contributed by atoms with Crippen LogP contribution in [0, 0.1) is 12.7 Å². The lowest BCUT2D eigenvalue weighted by atomic mass is 10.1. The Hall–Kier alpha value is -2.54. The van der Waals surface area contributed by atoms with E-state index in [1.807, 2.05) is 0 Å². The van der Waals surface area contributed by atoms with Gasteiger partial charge in [-0.15, -0.1) is 0 Å². The largest absolute Gasteiger partial charge is 0.454 e. The van der Waals surface area contributed by atoms with Crippen molar-refractivity contribution in [2.75, 3.05) is 10.5 Å². The van der Waals surface area contributed by atoms with Gasteiger partial charge in [-0.1, -0.05) is 24.9 Å². The molecule has 0 aliphatic heterocycles. The van der Waals surface area contributed by atoms with Crippen LogP contribution in [-0.4, -0.2) is 15.3 Å². The van der Waals surface area contributed by atoms with Crippen LogP contribution < -0.4 is 15.0 Å². The number of nitrogens with one attached hydrogen (secondary N) is 1. The Morgan fingerprint density at radius 2 is 2.08 bits per heavy atom. The van der Waals surface area contributed by atoms with Crippen molar-refractivity contribution in [3.8, 4) is 11.5 Å². The number of benzene rings is 2. The van der Waals surface area contributed by atoms with E-state index in [1.165, 1.54) is 22.8 Å². The summed E-state index contributed by atoms with van der Waals surface area (Å²) in [6.45, 7) is 3.84. The second-order valence-corrected chi connectivity index (χ2v) is 6.81. The van der Waals surface area contributed by atoms with Gasteiger partial charge in [-0.05, 0) is 37.6 Å². The third-order valence-electron chi connectivity index (χ3n) is 3.97. The summed E-state index contributed by atoms with van der Waals surface area (Å²) in [5.41, 5.74) is 1.43. The van der Waals surface area contributed by atoms with Gasteiger partial charge >= 0.3 is 0 Å². The highest BCUT2D eigenvalue weighted by Gasteiger charge is 2.14. The van der Waals surface area contributed by atoms with Gasteiger partial charge in [0, 0.05) is 18.4 Å². The van der Waals surface area contributed by atoms with Crippen LogP contribution in [0.25, 0.3) is 10.9 Å². The molecule has 3 rings (SSSR count). The number of rotatable bonds is 6. The van der Waals surface area contributed by atoms with Crippen molar-refractivity contribution in [3.63, 3.8) is 0 Å². The minimum Gasteiger partial charge on any atom is -0.454 e. The molecule has 0 aliphatic carbocycles. The highest BCUT2D eigenvalue weighted by molar-refractivity contribution is 8.00. The SMILES string of the molecule is CCCSNc1cccc(Oc2ccc3ncn(C)c(=O)c3c2C)c1F. The summed E-state index contributed by atoms with van der Waals surface area (Å²) in [6, 6.07) is 8.36. The maximum absolute atomic E-state index is 14.7. The molecule has 0 unspecified atom stereocenters. The number of fused-ring (bicyclic) bond motifs is 1. The molecular weight excluding hydrogens is 353 g/mol. The Morgan fingerprint density at radius 1 is 1.27 bits per heavy atom. The fourth-order valence-corrected chi connectivity index (χ4v) is 3.18. The molecule has 0 spiro atoms. The number of aromatic nitrogens is 2. The standard InChI is InChI=1S/C19H20FN3O2S/c1-4-10-26-22-14-6-5-7-16(18(14)20)25-15-9-8-13-17(12(15)2)19(24)23(3)11-21-13/h5-9,11,22H,4,10H2,1-3H3. The highest BCUT2D eigenvalue weighted by atomic mass is 32.2. The molecular formula is C19H20FN3O2S. The molecule has 7 heteroatoms. The molecule has 136 valence electrons. The Labute approximate surface area is 155 Å². The van der Waals surface area contributed by atoms with Gasteiger partial charge in [-0.3, -0.25) is 4.79 Å². The fraction of sp³-hybridized carbons (Fsp3) is 0.263. The maximum atomic E-state index is 14.7. The van der Waals surface area contributed by atoms with E-state index in [4.69, 9.17) is 4.74 Å². The quantitative estimate of drug-likeness (QED) is 0.504. The molecule has 1 N–H and O–H groups in total. The second kappa shape index (κ2) is 7.78. The van der Waals surface area contributed by atoms with Crippen LogP contribution in [0.1, 0.15) is 18.9 Å². The van der Waals surface area contributed by atoms with Crippen molar-refractivity contribution >= 4 is 28.5 Å². The molecule has 5 nitrogen and oxygen atoms in total. The van der Waals surface area contributed by atoms with Gasteiger partial charge in [-0.2, -0.15) is 0 Å². The Balaban J connectivity index is 1.97. The van der Waals surface area contributed by atoms with Crippen LogP contribution in [0.3, 0.4) is 0 Å². The molecule has 26 heavy (non-hydrogen) atoms. The van der Waals surface area contributed by atoms with E-state index in [0.717, 1.165) is 12.2 Å². The van der Waals surface area contributed by atoms with Crippen molar-refractivity contribution in [1.82, 2.24) is 9.55 Å². The molecule has 0 saturated heterocycles. The van der Waals surface area contributed by atoms with Crippen molar-refractivity contribution in [2.45, 2.75) is 20.3 Å². The smallest absolute Gasteiger partial charge is 0.261 e. The molecule has 0 atom stereocenters. The molecule has 0 bridgehead atoms. The summed E-state index contributed by atoms with van der Waals surface area (Å²) in [7, 11) is 1.64. The monoisotopic (exact) mass is 373 g/mol. The minimum absolute atomic E-state index is 0.107. The number of aryl methyl sites for hydroxylation is 2. The summed E-state index contributed by atoms with van der Waals surface area (Å²) in [5.74, 6) is 0.953. The number of nitrogens with zero attached hydrogens (tertiary/aromatic N) is 2. The van der Waals surface area contributed by atoms with Crippen molar-refractivity contribution in [1.29, 1.82) is 0 Å². The number of hydrogen-bond acceptors (Lipinski definition) is 5. The van der Waals surface area contributed by atoms with Gasteiger partial charge in [0.2, 0.25) is 0 Å². The minimum atomic E-state index is -0.463. The topological polar surface area (TPSA) is 56.1 Å². The first-order chi connectivity index (χ1) is 12.5. The zero-order valence-electron chi connectivity index (χ0n) is 14.9. The van der Waals surface area contributed by atoms with E-state index in [0.29, 0.717) is 27.9 Å². The van der Waals surface area contributed by atoms with Crippen LogP contribution >= 0.6 is 11.9 Å². The predicted molar refractivity (Wildman–Crippen MR) is 105 cm³/mol. The lowest BCUT2D eigenvalue weighted by Crippen LogP contribution is -2.18. The molecule has 1 heterocycles. The van der Waals surface area contributed by atoms with E-state index in [-0.39, 0.29) is 11.3 Å². The highest BCUT2D eigenvalue weighted by Crippen LogP contribution is 2.33. The molecule has 3 aromatic rings. The van der Waals surface area contributed by atoms with Gasteiger partial charge in [0.25, 0.3) is 5.56 Å². The van der Waals surface area contributed by atoms with Gasteiger partial charge < -0.3 is 14.0 Å². The third kappa shape index (κ3) is 3.53. The van der Waals surface area contributed by atoms with Crippen LogP contribution in [0.4, 0.5) is 10.1 Å². The number of halogens is 1. The summed E-state index contributed by atoms with van der Waals surface area (Å²) < 4.78 is 24.9. The Kier molecular flexibility index (Phi) is 5.46. The third-order valence-corrected chi connectivity index (χ3v) is 4.95. The summed E-state index contributed by atoms with van der Waals surface area (Å²) >= 11 is 1.45. The normalized spacial score (nSPS) is 10.9. The molecule has 0 amide bonds. The first-order valence-electron chi connectivity index (χ1n) is 8.32. The second-order valence-electron chi connectivity index (χ2n) is 5.91. The molecule has 2 aromatic carbocycles. The average Bonchev–Trinajstić information content (AvgIpc) is 2.63. The van der Waals surface area contributed by atoms with Crippen molar-refractivity contribution in [3.05, 3.63) is 58.4 Å². The molecule has 0 saturated carbocycles. The lowest BCUT2D eigenvalue weighted by molar-refractivity contribution is 0.442. The van der Waals surface area contributed by atoms with Gasteiger partial charge in [0.1, 0.15) is 5.75 Å². The van der Waals surface area contributed by atoms with Crippen LogP contribution in [0.15, 0.2) is 41.5 Å². The van der Waals surface area contributed by atoms with E-state index in [1.54, 1.807) is 44.3 Å². The maximum Gasteiger partial charge on any atom is 0.261 e. The predicted octanol–water partition coefficient (Wildman–Crippen LogP) is 4.64. The average molecular weight is 373 g/mol. The Bertz CT molecular complexity index is 1000. The first-order valence-corrected chi connectivity index (χ1v) is 9.30. The summed E-state index contributed by atoms with van der Waals surface area (Å²) in [5, 5.41) is 0.473. The summed E-state index contributed by atoms with van der Waals surface area (Å²) in [6.07, 6.45) is 2.47. The van der Waals surface area contributed by atoms with E-state index in [2.05, 4.69) is 16.6 Å². The zero-order valence-corrected chi connectivity index (χ0v) is 15.7. The van der Waals surface area contributed by atoms with E-state index in [9.17, 15) is 9.18 Å². The van der Waals surface area contributed by atoms with Crippen LogP contribution in [-0.2, 0) is 7.05 Å². The molecule has 1 aromatic heterocycles.